The predicted molar refractivity (Wildman–Crippen MR) is 78.8 cm³/mol. The van der Waals surface area contributed by atoms with Crippen molar-refractivity contribution in [3.8, 4) is 0 Å². The van der Waals surface area contributed by atoms with Gasteiger partial charge < -0.3 is 5.73 Å². The van der Waals surface area contributed by atoms with Gasteiger partial charge in [-0.1, -0.05) is 18.2 Å². The molecule has 1 aromatic heterocycles. The second kappa shape index (κ2) is 5.31. The van der Waals surface area contributed by atoms with Crippen molar-refractivity contribution in [2.45, 2.75) is 12.5 Å². The minimum atomic E-state index is -0.592. The fourth-order valence-electron chi connectivity index (χ4n) is 2.33. The third-order valence-corrected chi connectivity index (χ3v) is 4.33. The average Bonchev–Trinajstić information content (AvgIpc) is 2.81. The van der Waals surface area contributed by atoms with Gasteiger partial charge in [-0.2, -0.15) is 0 Å². The lowest BCUT2D eigenvalue weighted by atomic mass is 9.99. The third-order valence-electron chi connectivity index (χ3n) is 3.31. The summed E-state index contributed by atoms with van der Waals surface area (Å²) in [6.45, 7) is 0. The summed E-state index contributed by atoms with van der Waals surface area (Å²) in [5, 5.41) is 3.21. The SMILES string of the molecule is NC(Cc1csc2ccccc12)c1cc(F)cc(F)c1. The third kappa shape index (κ3) is 2.57. The molecule has 102 valence electrons. The Bertz CT molecular complexity index is 731. The summed E-state index contributed by atoms with van der Waals surface area (Å²) in [5.41, 5.74) is 7.68. The van der Waals surface area contributed by atoms with Gasteiger partial charge >= 0.3 is 0 Å². The van der Waals surface area contributed by atoms with Crippen LogP contribution in [0.2, 0.25) is 0 Å². The lowest BCUT2D eigenvalue weighted by molar-refractivity contribution is 0.573. The quantitative estimate of drug-likeness (QED) is 0.758. The molecule has 2 aromatic carbocycles. The number of hydrogen-bond acceptors (Lipinski definition) is 2. The Hall–Kier alpha value is -1.78. The lowest BCUT2D eigenvalue weighted by Gasteiger charge is -2.12. The molecular formula is C16H13F2NS. The fraction of sp³-hybridized carbons (Fsp3) is 0.125. The summed E-state index contributed by atoms with van der Waals surface area (Å²) in [6.07, 6.45) is 0.562. The van der Waals surface area contributed by atoms with Crippen LogP contribution in [0.15, 0.2) is 47.8 Å². The first-order valence-corrected chi connectivity index (χ1v) is 7.18. The van der Waals surface area contributed by atoms with Crippen LogP contribution in [0.25, 0.3) is 10.1 Å². The van der Waals surface area contributed by atoms with Gasteiger partial charge in [-0.25, -0.2) is 8.78 Å². The smallest absolute Gasteiger partial charge is 0.126 e. The summed E-state index contributed by atoms with van der Waals surface area (Å²) in [5.74, 6) is -1.18. The van der Waals surface area contributed by atoms with E-state index in [2.05, 4.69) is 11.4 Å². The van der Waals surface area contributed by atoms with Gasteiger partial charge in [0.05, 0.1) is 0 Å². The van der Waals surface area contributed by atoms with Crippen molar-refractivity contribution in [3.05, 3.63) is 70.6 Å². The first-order valence-electron chi connectivity index (χ1n) is 6.30. The first kappa shape index (κ1) is 13.2. The minimum absolute atomic E-state index is 0.418. The van der Waals surface area contributed by atoms with E-state index in [9.17, 15) is 8.78 Å². The molecular weight excluding hydrogens is 276 g/mol. The van der Waals surface area contributed by atoms with Crippen LogP contribution in [0.1, 0.15) is 17.2 Å². The maximum atomic E-state index is 13.2. The molecule has 1 atom stereocenters. The van der Waals surface area contributed by atoms with Gasteiger partial charge in [-0.05, 0) is 46.5 Å². The molecule has 1 nitrogen and oxygen atoms in total. The maximum absolute atomic E-state index is 13.2. The number of hydrogen-bond donors (Lipinski definition) is 1. The molecule has 0 amide bonds. The summed E-state index contributed by atoms with van der Waals surface area (Å²) in [4.78, 5) is 0. The Morgan fingerprint density at radius 3 is 2.50 bits per heavy atom. The van der Waals surface area contributed by atoms with Crippen LogP contribution < -0.4 is 5.73 Å². The molecule has 0 saturated heterocycles. The largest absolute Gasteiger partial charge is 0.324 e. The average molecular weight is 289 g/mol. The molecule has 4 heteroatoms. The minimum Gasteiger partial charge on any atom is -0.324 e. The zero-order chi connectivity index (χ0) is 14.1. The second-order valence-corrected chi connectivity index (χ2v) is 5.68. The number of benzene rings is 2. The topological polar surface area (TPSA) is 26.0 Å². The van der Waals surface area contributed by atoms with Crippen molar-refractivity contribution in [1.82, 2.24) is 0 Å². The number of halogens is 2. The van der Waals surface area contributed by atoms with E-state index in [0.717, 1.165) is 17.0 Å². The van der Waals surface area contributed by atoms with Crippen LogP contribution in [0, 0.1) is 11.6 Å². The Balaban J connectivity index is 1.90. The van der Waals surface area contributed by atoms with E-state index in [1.165, 1.54) is 16.8 Å². The number of thiophene rings is 1. The van der Waals surface area contributed by atoms with Crippen molar-refractivity contribution in [2.24, 2.45) is 5.73 Å². The highest BCUT2D eigenvalue weighted by molar-refractivity contribution is 7.17. The fourth-order valence-corrected chi connectivity index (χ4v) is 3.31. The number of nitrogens with two attached hydrogens (primary N) is 1. The molecule has 2 N–H and O–H groups in total. The van der Waals surface area contributed by atoms with Crippen molar-refractivity contribution in [3.63, 3.8) is 0 Å². The molecule has 0 saturated carbocycles. The molecule has 0 aliphatic carbocycles. The summed E-state index contributed by atoms with van der Waals surface area (Å²) in [7, 11) is 0. The van der Waals surface area contributed by atoms with E-state index < -0.39 is 17.7 Å². The summed E-state index contributed by atoms with van der Waals surface area (Å²) >= 11 is 1.65. The van der Waals surface area contributed by atoms with Crippen molar-refractivity contribution in [1.29, 1.82) is 0 Å². The van der Waals surface area contributed by atoms with E-state index in [1.54, 1.807) is 11.3 Å². The summed E-state index contributed by atoms with van der Waals surface area (Å²) < 4.78 is 27.6. The van der Waals surface area contributed by atoms with Crippen LogP contribution in [0.4, 0.5) is 8.78 Å². The van der Waals surface area contributed by atoms with Crippen LogP contribution in [-0.4, -0.2) is 0 Å². The van der Waals surface area contributed by atoms with Gasteiger partial charge in [0.2, 0.25) is 0 Å². The van der Waals surface area contributed by atoms with Gasteiger partial charge in [0.15, 0.2) is 0 Å². The van der Waals surface area contributed by atoms with Crippen LogP contribution in [0.5, 0.6) is 0 Å². The molecule has 0 aliphatic heterocycles. The molecule has 20 heavy (non-hydrogen) atoms. The van der Waals surface area contributed by atoms with E-state index in [-0.39, 0.29) is 0 Å². The molecule has 0 fully saturated rings. The molecule has 0 spiro atoms. The van der Waals surface area contributed by atoms with Gasteiger partial charge in [0, 0.05) is 16.8 Å². The highest BCUT2D eigenvalue weighted by Crippen LogP contribution is 2.29. The molecule has 0 aliphatic rings. The Morgan fingerprint density at radius 2 is 1.75 bits per heavy atom. The van der Waals surface area contributed by atoms with Crippen molar-refractivity contribution >= 4 is 21.4 Å². The van der Waals surface area contributed by atoms with Crippen LogP contribution in [-0.2, 0) is 6.42 Å². The monoisotopic (exact) mass is 289 g/mol. The first-order chi connectivity index (χ1) is 9.63. The highest BCUT2D eigenvalue weighted by atomic mass is 32.1. The number of rotatable bonds is 3. The van der Waals surface area contributed by atoms with Crippen molar-refractivity contribution < 1.29 is 8.78 Å². The number of fused-ring (bicyclic) bond motifs is 1. The molecule has 3 aromatic rings. The molecule has 1 unspecified atom stereocenters. The second-order valence-electron chi connectivity index (χ2n) is 4.77. The molecule has 0 radical (unpaired) electrons. The summed E-state index contributed by atoms with van der Waals surface area (Å²) in [6, 6.07) is 11.1. The van der Waals surface area contributed by atoms with E-state index in [1.807, 2.05) is 18.2 Å². The lowest BCUT2D eigenvalue weighted by Crippen LogP contribution is -2.13. The molecule has 3 rings (SSSR count). The van der Waals surface area contributed by atoms with Gasteiger partial charge in [-0.3, -0.25) is 0 Å². The van der Waals surface area contributed by atoms with Crippen LogP contribution in [0.3, 0.4) is 0 Å². The van der Waals surface area contributed by atoms with Crippen molar-refractivity contribution in [2.75, 3.05) is 0 Å². The Kier molecular flexibility index (Phi) is 3.51. The predicted octanol–water partition coefficient (Wildman–Crippen LogP) is 4.42. The van der Waals surface area contributed by atoms with E-state index >= 15 is 0 Å². The molecule has 0 bridgehead atoms. The zero-order valence-corrected chi connectivity index (χ0v) is 11.5. The van der Waals surface area contributed by atoms with Gasteiger partial charge in [0.25, 0.3) is 0 Å². The normalized spacial score (nSPS) is 12.8. The highest BCUT2D eigenvalue weighted by Gasteiger charge is 2.12. The zero-order valence-electron chi connectivity index (χ0n) is 10.6. The molecule has 1 heterocycles. The van der Waals surface area contributed by atoms with Gasteiger partial charge in [-0.15, -0.1) is 11.3 Å². The Labute approximate surface area is 119 Å². The van der Waals surface area contributed by atoms with Gasteiger partial charge in [0.1, 0.15) is 11.6 Å². The van der Waals surface area contributed by atoms with E-state index in [4.69, 9.17) is 5.73 Å². The Morgan fingerprint density at radius 1 is 1.05 bits per heavy atom. The van der Waals surface area contributed by atoms with E-state index in [0.29, 0.717) is 12.0 Å². The standard InChI is InChI=1S/C16H13F2NS/c17-12-5-10(6-13(18)8-12)15(19)7-11-9-20-16-4-2-1-3-14(11)16/h1-6,8-9,15H,7,19H2. The van der Waals surface area contributed by atoms with Crippen LogP contribution >= 0.6 is 11.3 Å². The maximum Gasteiger partial charge on any atom is 0.126 e.